The van der Waals surface area contributed by atoms with Crippen molar-refractivity contribution in [3.8, 4) is 21.8 Å². The van der Waals surface area contributed by atoms with E-state index >= 15 is 0 Å². The standard InChI is InChI=1S/C17H21N5S2/c1-3-22(4-2)8-6-19-17-20-11-14(13-5-9-23-12-13)15(21-17)16-18-7-10-24-16/h5,7,9-12H,3-4,6,8H2,1-2H3,(H,19,20,21). The van der Waals surface area contributed by atoms with Crippen LogP contribution in [0.3, 0.4) is 0 Å². The van der Waals surface area contributed by atoms with Crippen molar-refractivity contribution in [3.63, 3.8) is 0 Å². The SMILES string of the molecule is CCN(CC)CCNc1ncc(-c2ccsc2)c(-c2nccs2)n1. The number of anilines is 1. The third kappa shape index (κ3) is 3.98. The summed E-state index contributed by atoms with van der Waals surface area (Å²) in [5.41, 5.74) is 3.06. The van der Waals surface area contributed by atoms with Crippen LogP contribution in [-0.2, 0) is 0 Å². The lowest BCUT2D eigenvalue weighted by molar-refractivity contribution is 0.316. The lowest BCUT2D eigenvalue weighted by Gasteiger charge is -2.18. The molecule has 0 atom stereocenters. The van der Waals surface area contributed by atoms with Crippen molar-refractivity contribution >= 4 is 28.6 Å². The largest absolute Gasteiger partial charge is 0.353 e. The fourth-order valence-corrected chi connectivity index (χ4v) is 3.76. The van der Waals surface area contributed by atoms with Crippen LogP contribution < -0.4 is 5.32 Å². The number of likely N-dealkylation sites (N-methyl/N-ethyl adjacent to an activating group) is 1. The highest BCUT2D eigenvalue weighted by Crippen LogP contribution is 2.32. The van der Waals surface area contributed by atoms with Gasteiger partial charge in [-0.25, -0.2) is 15.0 Å². The van der Waals surface area contributed by atoms with Gasteiger partial charge in [0.05, 0.1) is 0 Å². The molecule has 0 amide bonds. The first-order chi connectivity index (χ1) is 11.8. The van der Waals surface area contributed by atoms with Crippen LogP contribution in [0.5, 0.6) is 0 Å². The van der Waals surface area contributed by atoms with Crippen LogP contribution in [0.1, 0.15) is 13.8 Å². The maximum Gasteiger partial charge on any atom is 0.223 e. The van der Waals surface area contributed by atoms with Crippen LogP contribution in [0, 0.1) is 0 Å². The molecule has 0 saturated heterocycles. The molecule has 0 radical (unpaired) electrons. The van der Waals surface area contributed by atoms with Crippen LogP contribution in [0.4, 0.5) is 5.95 Å². The normalized spacial score (nSPS) is 11.1. The summed E-state index contributed by atoms with van der Waals surface area (Å²) in [4.78, 5) is 16.0. The van der Waals surface area contributed by atoms with E-state index in [0.717, 1.165) is 48.0 Å². The average molecular weight is 360 g/mol. The topological polar surface area (TPSA) is 53.9 Å². The van der Waals surface area contributed by atoms with E-state index in [-0.39, 0.29) is 0 Å². The second-order valence-electron chi connectivity index (χ2n) is 5.26. The van der Waals surface area contributed by atoms with Gasteiger partial charge < -0.3 is 10.2 Å². The molecule has 3 rings (SSSR count). The molecule has 3 aromatic heterocycles. The number of hydrogen-bond acceptors (Lipinski definition) is 7. The van der Waals surface area contributed by atoms with E-state index in [1.54, 1.807) is 22.7 Å². The Morgan fingerprint density at radius 3 is 2.71 bits per heavy atom. The van der Waals surface area contributed by atoms with Crippen molar-refractivity contribution in [2.24, 2.45) is 0 Å². The lowest BCUT2D eigenvalue weighted by atomic mass is 10.1. The van der Waals surface area contributed by atoms with E-state index in [2.05, 4.69) is 50.9 Å². The number of thiophene rings is 1. The second kappa shape index (κ2) is 8.32. The summed E-state index contributed by atoms with van der Waals surface area (Å²) in [7, 11) is 0. The zero-order valence-electron chi connectivity index (χ0n) is 13.9. The van der Waals surface area contributed by atoms with Gasteiger partial charge >= 0.3 is 0 Å². The third-order valence-corrected chi connectivity index (χ3v) is 5.32. The summed E-state index contributed by atoms with van der Waals surface area (Å²) in [5, 5.41) is 10.4. The molecule has 0 saturated carbocycles. The second-order valence-corrected chi connectivity index (χ2v) is 6.93. The van der Waals surface area contributed by atoms with Crippen molar-refractivity contribution in [3.05, 3.63) is 34.6 Å². The van der Waals surface area contributed by atoms with Crippen molar-refractivity contribution in [1.82, 2.24) is 19.9 Å². The number of aromatic nitrogens is 3. The molecular weight excluding hydrogens is 338 g/mol. The molecule has 3 aromatic rings. The Morgan fingerprint density at radius 2 is 2.04 bits per heavy atom. The molecule has 0 spiro atoms. The fourth-order valence-electron chi connectivity index (χ4n) is 2.47. The zero-order valence-corrected chi connectivity index (χ0v) is 15.5. The Hall–Kier alpha value is -1.83. The van der Waals surface area contributed by atoms with E-state index < -0.39 is 0 Å². The van der Waals surface area contributed by atoms with Gasteiger partial charge in [-0.3, -0.25) is 0 Å². The molecule has 0 aliphatic carbocycles. The van der Waals surface area contributed by atoms with E-state index in [4.69, 9.17) is 4.98 Å². The summed E-state index contributed by atoms with van der Waals surface area (Å²) in [6.45, 7) is 8.28. The zero-order chi connectivity index (χ0) is 16.8. The molecule has 0 aliphatic heterocycles. The Bertz CT molecular complexity index is 736. The molecule has 0 aromatic carbocycles. The summed E-state index contributed by atoms with van der Waals surface area (Å²) in [5.74, 6) is 0.659. The Kier molecular flexibility index (Phi) is 5.90. The summed E-state index contributed by atoms with van der Waals surface area (Å²) < 4.78 is 0. The number of nitrogens with zero attached hydrogens (tertiary/aromatic N) is 4. The van der Waals surface area contributed by atoms with Crippen LogP contribution in [-0.4, -0.2) is 46.0 Å². The van der Waals surface area contributed by atoms with Gasteiger partial charge in [0, 0.05) is 36.4 Å². The van der Waals surface area contributed by atoms with Crippen LogP contribution >= 0.6 is 22.7 Å². The van der Waals surface area contributed by atoms with E-state index in [1.165, 1.54) is 0 Å². The van der Waals surface area contributed by atoms with Crippen molar-refractivity contribution in [1.29, 1.82) is 0 Å². The van der Waals surface area contributed by atoms with E-state index in [1.807, 2.05) is 17.8 Å². The molecule has 7 heteroatoms. The van der Waals surface area contributed by atoms with Crippen LogP contribution in [0.25, 0.3) is 21.8 Å². The molecule has 0 unspecified atom stereocenters. The number of thiazole rings is 1. The molecule has 24 heavy (non-hydrogen) atoms. The van der Waals surface area contributed by atoms with Gasteiger partial charge in [0.15, 0.2) is 0 Å². The minimum atomic E-state index is 0.659. The Balaban J connectivity index is 1.81. The third-order valence-electron chi connectivity index (χ3n) is 3.86. The molecular formula is C17H21N5S2. The molecule has 3 heterocycles. The minimum Gasteiger partial charge on any atom is -0.353 e. The molecule has 0 fully saturated rings. The molecule has 126 valence electrons. The van der Waals surface area contributed by atoms with Crippen molar-refractivity contribution in [2.45, 2.75) is 13.8 Å². The van der Waals surface area contributed by atoms with Crippen LogP contribution in [0.2, 0.25) is 0 Å². The fraction of sp³-hybridized carbons (Fsp3) is 0.353. The predicted octanol–water partition coefficient (Wildman–Crippen LogP) is 4.08. The lowest BCUT2D eigenvalue weighted by Crippen LogP contribution is -2.29. The van der Waals surface area contributed by atoms with Gasteiger partial charge in [-0.05, 0) is 35.5 Å². The van der Waals surface area contributed by atoms with Crippen LogP contribution in [0.15, 0.2) is 34.6 Å². The smallest absolute Gasteiger partial charge is 0.223 e. The van der Waals surface area contributed by atoms with Gasteiger partial charge in [0.25, 0.3) is 0 Å². The summed E-state index contributed by atoms with van der Waals surface area (Å²) >= 11 is 3.27. The number of nitrogens with one attached hydrogen (secondary N) is 1. The highest BCUT2D eigenvalue weighted by molar-refractivity contribution is 7.13. The first-order valence-electron chi connectivity index (χ1n) is 8.07. The molecule has 5 nitrogen and oxygen atoms in total. The quantitative estimate of drug-likeness (QED) is 0.657. The van der Waals surface area contributed by atoms with Gasteiger partial charge in [0.1, 0.15) is 10.7 Å². The van der Waals surface area contributed by atoms with Gasteiger partial charge in [0.2, 0.25) is 5.95 Å². The first kappa shape index (κ1) is 17.0. The van der Waals surface area contributed by atoms with E-state index in [0.29, 0.717) is 5.95 Å². The van der Waals surface area contributed by atoms with Crippen molar-refractivity contribution in [2.75, 3.05) is 31.5 Å². The number of rotatable bonds is 8. The summed E-state index contributed by atoms with van der Waals surface area (Å²) in [6.07, 6.45) is 3.71. The van der Waals surface area contributed by atoms with Gasteiger partial charge in [-0.2, -0.15) is 11.3 Å². The molecule has 0 bridgehead atoms. The maximum absolute atomic E-state index is 4.73. The monoisotopic (exact) mass is 359 g/mol. The first-order valence-corrected chi connectivity index (χ1v) is 9.89. The van der Waals surface area contributed by atoms with Gasteiger partial charge in [-0.15, -0.1) is 11.3 Å². The average Bonchev–Trinajstić information content (AvgIpc) is 3.32. The Morgan fingerprint density at radius 1 is 1.17 bits per heavy atom. The van der Waals surface area contributed by atoms with Gasteiger partial charge in [-0.1, -0.05) is 13.8 Å². The minimum absolute atomic E-state index is 0.659. The van der Waals surface area contributed by atoms with E-state index in [9.17, 15) is 0 Å². The summed E-state index contributed by atoms with van der Waals surface area (Å²) in [6, 6.07) is 2.09. The predicted molar refractivity (Wildman–Crippen MR) is 103 cm³/mol. The van der Waals surface area contributed by atoms with Crippen molar-refractivity contribution < 1.29 is 0 Å². The molecule has 0 aliphatic rings. The number of hydrogen-bond donors (Lipinski definition) is 1. The highest BCUT2D eigenvalue weighted by Gasteiger charge is 2.14. The maximum atomic E-state index is 4.73. The Labute approximate surface area is 150 Å². The molecule has 1 N–H and O–H groups in total. The highest BCUT2D eigenvalue weighted by atomic mass is 32.1.